The zero-order valence-corrected chi connectivity index (χ0v) is 26.3. The van der Waals surface area contributed by atoms with Gasteiger partial charge in [0.05, 0.1) is 29.4 Å². The maximum absolute atomic E-state index is 13.6. The van der Waals surface area contributed by atoms with E-state index in [0.717, 1.165) is 5.57 Å². The maximum atomic E-state index is 13.6. The summed E-state index contributed by atoms with van der Waals surface area (Å²) in [6.07, 6.45) is 7.45. The second-order valence-corrected chi connectivity index (χ2v) is 13.9. The molecule has 4 rings (SSSR count). The van der Waals surface area contributed by atoms with Crippen molar-refractivity contribution in [3.05, 3.63) is 23.8 Å². The average Bonchev–Trinajstić information content (AvgIpc) is 3.16. The number of esters is 1. The van der Waals surface area contributed by atoms with Gasteiger partial charge in [-0.25, -0.2) is 0 Å². The van der Waals surface area contributed by atoms with Crippen molar-refractivity contribution >= 4 is 35.0 Å². The highest BCUT2D eigenvalue weighted by molar-refractivity contribution is 6.26. The van der Waals surface area contributed by atoms with Gasteiger partial charge < -0.3 is 20.3 Å². The number of aliphatic hydroxyl groups excluding tert-OH is 1. The summed E-state index contributed by atoms with van der Waals surface area (Å²) in [5.41, 5.74) is -2.72. The van der Waals surface area contributed by atoms with Crippen LogP contribution in [0.3, 0.4) is 0 Å². The number of fused-ring (bicyclic) bond motifs is 5. The number of ketones is 2. The first kappa shape index (κ1) is 34.7. The monoisotopic (exact) mass is 640 g/mol. The molecule has 4 aliphatic rings. The lowest BCUT2D eigenvalue weighted by molar-refractivity contribution is -0.492. The Bertz CT molecular complexity index is 1210. The molecule has 0 spiro atoms. The lowest BCUT2D eigenvalue weighted by Crippen LogP contribution is -2.69. The summed E-state index contributed by atoms with van der Waals surface area (Å²) >= 11 is 7.43. The number of halogens is 1. The summed E-state index contributed by atoms with van der Waals surface area (Å²) < 4.78 is 5.24. The van der Waals surface area contributed by atoms with Crippen molar-refractivity contribution in [2.75, 3.05) is 19.8 Å². The fourth-order valence-electron chi connectivity index (χ4n) is 8.57. The number of carbonyl (C=O) groups is 4. The molecule has 5 N–H and O–H groups in total. The Kier molecular flexibility index (Phi) is 10.5. The Morgan fingerprint density at radius 1 is 1.14 bits per heavy atom. The van der Waals surface area contributed by atoms with Crippen LogP contribution in [0.1, 0.15) is 78.6 Å². The number of aliphatic hydroxyl groups is 2. The van der Waals surface area contributed by atoms with Crippen LogP contribution in [-0.2, 0) is 28.8 Å². The Balaban J connectivity index is 1.32. The number of alkyl halides is 1. The molecule has 12 nitrogen and oxygen atoms in total. The lowest BCUT2D eigenvalue weighted by Gasteiger charge is -2.63. The predicted molar refractivity (Wildman–Crippen MR) is 156 cm³/mol. The van der Waals surface area contributed by atoms with Crippen LogP contribution >= 0.6 is 11.6 Å². The van der Waals surface area contributed by atoms with E-state index < -0.39 is 51.7 Å². The minimum absolute atomic E-state index is 0.0281. The SMILES string of the molecule is C[C@H]1C[C@H]2[C@@H]3CCC4=CC(=O)C=C[C@]4(C)[C@@]3(Cl)[C@@H](O)C[C@]2(C)[C@@]1(O)C(=O)COC(=O)CCNC(=O)CCCCCON(O)O. The summed E-state index contributed by atoms with van der Waals surface area (Å²) in [5, 5.41) is 42.9. The van der Waals surface area contributed by atoms with E-state index in [1.54, 1.807) is 19.1 Å². The molecule has 0 heterocycles. The minimum atomic E-state index is -1.85. The molecule has 8 atom stereocenters. The lowest BCUT2D eigenvalue weighted by atomic mass is 9.45. The van der Waals surface area contributed by atoms with Gasteiger partial charge in [-0.05, 0) is 68.4 Å². The molecule has 3 fully saturated rings. The third kappa shape index (κ3) is 6.02. The Morgan fingerprint density at radius 2 is 1.86 bits per heavy atom. The number of ether oxygens (including phenoxy) is 1. The van der Waals surface area contributed by atoms with E-state index in [9.17, 15) is 29.4 Å². The van der Waals surface area contributed by atoms with E-state index >= 15 is 0 Å². The topological polar surface area (TPSA) is 183 Å². The van der Waals surface area contributed by atoms with Crippen molar-refractivity contribution in [2.45, 2.75) is 95.1 Å². The highest BCUT2D eigenvalue weighted by atomic mass is 35.5. The number of hydrogen-bond acceptors (Lipinski definition) is 11. The van der Waals surface area contributed by atoms with Crippen LogP contribution in [0.25, 0.3) is 0 Å². The van der Waals surface area contributed by atoms with Crippen LogP contribution in [0, 0.1) is 28.6 Å². The molecule has 246 valence electrons. The van der Waals surface area contributed by atoms with Crippen molar-refractivity contribution in [3.8, 4) is 0 Å². The fourth-order valence-corrected chi connectivity index (χ4v) is 9.09. The third-order valence-electron chi connectivity index (χ3n) is 10.9. The van der Waals surface area contributed by atoms with Gasteiger partial charge >= 0.3 is 5.97 Å². The van der Waals surface area contributed by atoms with Gasteiger partial charge in [0.25, 0.3) is 0 Å². The smallest absolute Gasteiger partial charge is 0.308 e. The molecule has 4 aliphatic carbocycles. The summed E-state index contributed by atoms with van der Waals surface area (Å²) in [5.74, 6) is -2.55. The highest BCUT2D eigenvalue weighted by Crippen LogP contribution is 2.71. The molecule has 44 heavy (non-hydrogen) atoms. The second-order valence-electron chi connectivity index (χ2n) is 13.2. The number of carbonyl (C=O) groups excluding carboxylic acids is 4. The van der Waals surface area contributed by atoms with Gasteiger partial charge in [-0.15, -0.1) is 11.6 Å². The first-order valence-corrected chi connectivity index (χ1v) is 15.8. The Labute approximate surface area is 262 Å². The molecule has 0 unspecified atom stereocenters. The Morgan fingerprint density at radius 3 is 2.57 bits per heavy atom. The van der Waals surface area contributed by atoms with Crippen molar-refractivity contribution < 1.29 is 49.4 Å². The van der Waals surface area contributed by atoms with E-state index in [-0.39, 0.29) is 61.3 Å². The van der Waals surface area contributed by atoms with Crippen LogP contribution in [-0.4, -0.2) is 85.8 Å². The largest absolute Gasteiger partial charge is 0.457 e. The molecule has 0 aromatic heterocycles. The van der Waals surface area contributed by atoms with E-state index in [1.165, 1.54) is 6.08 Å². The number of rotatable bonds is 13. The first-order chi connectivity index (χ1) is 20.6. The van der Waals surface area contributed by atoms with E-state index in [2.05, 4.69) is 10.2 Å². The molecule has 0 aromatic rings. The molecule has 13 heteroatoms. The van der Waals surface area contributed by atoms with Gasteiger partial charge in [-0.3, -0.25) is 34.4 Å². The van der Waals surface area contributed by atoms with Crippen LogP contribution in [0.15, 0.2) is 23.8 Å². The Hall–Kier alpha value is -2.19. The number of amides is 1. The zero-order valence-electron chi connectivity index (χ0n) is 25.6. The second kappa shape index (κ2) is 13.3. The molecular formula is C31H45ClN2O10. The van der Waals surface area contributed by atoms with E-state index in [1.807, 2.05) is 13.8 Å². The van der Waals surface area contributed by atoms with Gasteiger partial charge in [0.2, 0.25) is 11.7 Å². The molecular weight excluding hydrogens is 596 g/mol. The maximum Gasteiger partial charge on any atom is 0.308 e. The van der Waals surface area contributed by atoms with Crippen molar-refractivity contribution in [1.82, 2.24) is 10.7 Å². The van der Waals surface area contributed by atoms with Crippen molar-refractivity contribution in [1.29, 1.82) is 0 Å². The molecule has 0 saturated heterocycles. The van der Waals surface area contributed by atoms with Gasteiger partial charge in [0.15, 0.2) is 12.4 Å². The summed E-state index contributed by atoms with van der Waals surface area (Å²) in [6, 6.07) is 0. The van der Waals surface area contributed by atoms with Crippen LogP contribution in [0.2, 0.25) is 0 Å². The standard InChI is InChI=1S/C31H45ClN2O10/c1-19-15-23-22-9-8-20-16-21(35)10-12-28(20,2)30(22,32)24(36)17-29(23,3)31(19,40)25(37)18-43-27(39)11-13-33-26(38)7-5-4-6-14-44-34(41)42/h10,12,16,19,22-24,36,40-42H,4-9,11,13-15,17-18H2,1-3H3,(H,33,38)/t19-,22-,23-,24-,28-,29-,30-,31-/m0/s1. The predicted octanol–water partition coefficient (Wildman–Crippen LogP) is 2.79. The molecule has 0 bridgehead atoms. The summed E-state index contributed by atoms with van der Waals surface area (Å²) in [4.78, 5) is 53.4. The number of nitrogens with zero attached hydrogens (tertiary/aromatic N) is 1. The van der Waals surface area contributed by atoms with Crippen LogP contribution < -0.4 is 5.32 Å². The zero-order chi connectivity index (χ0) is 32.5. The van der Waals surface area contributed by atoms with Crippen molar-refractivity contribution in [2.24, 2.45) is 28.6 Å². The molecule has 0 radical (unpaired) electrons. The number of unbranched alkanes of at least 4 members (excludes halogenated alkanes) is 2. The average molecular weight is 641 g/mol. The summed E-state index contributed by atoms with van der Waals surface area (Å²) in [6.45, 7) is 5.08. The van der Waals surface area contributed by atoms with Crippen LogP contribution in [0.5, 0.6) is 0 Å². The molecule has 0 aromatic carbocycles. The van der Waals surface area contributed by atoms with Gasteiger partial charge in [-0.1, -0.05) is 38.8 Å². The fraction of sp³-hybridized carbons (Fsp3) is 0.742. The third-order valence-corrected chi connectivity index (χ3v) is 11.8. The normalized spacial score (nSPS) is 37.6. The molecule has 3 saturated carbocycles. The minimum Gasteiger partial charge on any atom is -0.457 e. The summed E-state index contributed by atoms with van der Waals surface area (Å²) in [7, 11) is 0. The number of Topliss-reactive ketones (excluding diaryl/α,β-unsaturated/α-hetero) is 1. The number of hydrogen-bond donors (Lipinski definition) is 5. The van der Waals surface area contributed by atoms with Gasteiger partial charge in [0, 0.05) is 23.8 Å². The van der Waals surface area contributed by atoms with E-state index in [4.69, 9.17) is 26.8 Å². The van der Waals surface area contributed by atoms with Gasteiger partial charge in [-0.2, -0.15) is 0 Å². The first-order valence-electron chi connectivity index (χ1n) is 15.4. The highest BCUT2D eigenvalue weighted by Gasteiger charge is 2.74. The van der Waals surface area contributed by atoms with Crippen molar-refractivity contribution in [3.63, 3.8) is 0 Å². The number of allylic oxidation sites excluding steroid dienone is 4. The van der Waals surface area contributed by atoms with E-state index in [0.29, 0.717) is 38.5 Å². The molecule has 0 aliphatic heterocycles. The van der Waals surface area contributed by atoms with Crippen LogP contribution in [0.4, 0.5) is 0 Å². The van der Waals surface area contributed by atoms with Gasteiger partial charge in [0.1, 0.15) is 5.60 Å². The number of nitrogens with one attached hydrogen (secondary N) is 1. The molecule has 1 amide bonds. The quantitative estimate of drug-likeness (QED) is 0.0863.